The van der Waals surface area contributed by atoms with Crippen LogP contribution in [0.25, 0.3) is 0 Å². The summed E-state index contributed by atoms with van der Waals surface area (Å²) in [7, 11) is -2.98. The quantitative estimate of drug-likeness (QED) is 0.860. The standard InChI is InChI=1S/C12H12ClN2O2P/c1-18(16,15-11-3-2-8-14-9-11)17-12-6-4-10(13)5-7-12/h2-9H,1H3,(H,15,16). The largest absolute Gasteiger partial charge is 0.429 e. The zero-order valence-electron chi connectivity index (χ0n) is 9.71. The SMILES string of the molecule is CP(=O)(Nc1cccnc1)Oc1ccc(Cl)cc1. The minimum atomic E-state index is -2.98. The molecule has 1 aromatic carbocycles. The number of hydrogen-bond donors (Lipinski definition) is 1. The van der Waals surface area contributed by atoms with E-state index in [-0.39, 0.29) is 0 Å². The Hall–Kier alpha value is -1.51. The van der Waals surface area contributed by atoms with Gasteiger partial charge >= 0.3 is 7.52 Å². The molecule has 0 spiro atoms. The number of nitrogens with one attached hydrogen (secondary N) is 1. The van der Waals surface area contributed by atoms with Crippen molar-refractivity contribution in [3.8, 4) is 5.75 Å². The van der Waals surface area contributed by atoms with E-state index in [0.717, 1.165) is 0 Å². The average molecular weight is 283 g/mol. The molecule has 2 aromatic rings. The van der Waals surface area contributed by atoms with Crippen LogP contribution >= 0.6 is 19.1 Å². The smallest absolute Gasteiger partial charge is 0.338 e. The molecule has 0 saturated carbocycles. The van der Waals surface area contributed by atoms with E-state index in [2.05, 4.69) is 10.1 Å². The van der Waals surface area contributed by atoms with Gasteiger partial charge in [-0.2, -0.15) is 0 Å². The van der Waals surface area contributed by atoms with Gasteiger partial charge < -0.3 is 9.61 Å². The second-order valence-corrected chi connectivity index (χ2v) is 6.28. The van der Waals surface area contributed by atoms with Crippen LogP contribution in [0, 0.1) is 0 Å². The summed E-state index contributed by atoms with van der Waals surface area (Å²) in [6, 6.07) is 10.2. The molecular formula is C12H12ClN2O2P. The van der Waals surface area contributed by atoms with Gasteiger partial charge in [-0.25, -0.2) is 0 Å². The van der Waals surface area contributed by atoms with Crippen molar-refractivity contribution in [2.24, 2.45) is 0 Å². The fourth-order valence-corrected chi connectivity index (χ4v) is 2.68. The molecule has 0 aliphatic rings. The lowest BCUT2D eigenvalue weighted by molar-refractivity contribution is 0.493. The van der Waals surface area contributed by atoms with Crippen LogP contribution in [-0.2, 0) is 4.57 Å². The lowest BCUT2D eigenvalue weighted by Crippen LogP contribution is -2.02. The number of rotatable bonds is 4. The first-order chi connectivity index (χ1) is 8.55. The number of pyridine rings is 1. The maximum absolute atomic E-state index is 12.2. The minimum Gasteiger partial charge on any atom is -0.429 e. The van der Waals surface area contributed by atoms with Crippen molar-refractivity contribution in [1.29, 1.82) is 0 Å². The number of hydrogen-bond acceptors (Lipinski definition) is 3. The molecule has 0 aliphatic heterocycles. The van der Waals surface area contributed by atoms with E-state index in [1.165, 1.54) is 6.66 Å². The number of benzene rings is 1. The van der Waals surface area contributed by atoms with E-state index in [9.17, 15) is 4.57 Å². The average Bonchev–Trinajstić information content (AvgIpc) is 2.32. The summed E-state index contributed by atoms with van der Waals surface area (Å²) in [6.45, 7) is 1.51. The molecule has 0 aliphatic carbocycles. The van der Waals surface area contributed by atoms with E-state index in [0.29, 0.717) is 16.5 Å². The molecule has 1 aromatic heterocycles. The van der Waals surface area contributed by atoms with Gasteiger partial charge in [0.15, 0.2) is 0 Å². The predicted molar refractivity (Wildman–Crippen MR) is 73.5 cm³/mol. The normalized spacial score (nSPS) is 13.7. The van der Waals surface area contributed by atoms with Crippen molar-refractivity contribution < 1.29 is 9.09 Å². The van der Waals surface area contributed by atoms with E-state index in [1.54, 1.807) is 48.8 Å². The molecule has 0 bridgehead atoms. The number of aromatic nitrogens is 1. The maximum atomic E-state index is 12.2. The molecule has 1 atom stereocenters. The Bertz CT molecular complexity index is 560. The molecule has 1 N–H and O–H groups in total. The molecular weight excluding hydrogens is 271 g/mol. The van der Waals surface area contributed by atoms with Gasteiger partial charge in [-0.05, 0) is 36.4 Å². The fourth-order valence-electron chi connectivity index (χ4n) is 1.38. The van der Waals surface area contributed by atoms with Crippen LogP contribution < -0.4 is 9.61 Å². The van der Waals surface area contributed by atoms with Crippen LogP contribution in [0.4, 0.5) is 5.69 Å². The van der Waals surface area contributed by atoms with Crippen molar-refractivity contribution in [3.63, 3.8) is 0 Å². The highest BCUT2D eigenvalue weighted by molar-refractivity contribution is 7.60. The van der Waals surface area contributed by atoms with E-state index < -0.39 is 7.52 Å². The highest BCUT2D eigenvalue weighted by Gasteiger charge is 2.17. The summed E-state index contributed by atoms with van der Waals surface area (Å²) in [5.74, 6) is 0.502. The van der Waals surface area contributed by atoms with E-state index in [1.807, 2.05) is 0 Å². The van der Waals surface area contributed by atoms with Crippen LogP contribution in [0.1, 0.15) is 0 Å². The second kappa shape index (κ2) is 5.42. The molecule has 0 fully saturated rings. The summed E-state index contributed by atoms with van der Waals surface area (Å²) in [5, 5.41) is 3.42. The molecule has 2 rings (SSSR count). The Morgan fingerprint density at radius 3 is 2.61 bits per heavy atom. The first-order valence-electron chi connectivity index (χ1n) is 5.26. The monoisotopic (exact) mass is 282 g/mol. The summed E-state index contributed by atoms with van der Waals surface area (Å²) in [6.07, 6.45) is 3.23. The Labute approximate surface area is 110 Å². The van der Waals surface area contributed by atoms with Crippen LogP contribution in [0.15, 0.2) is 48.8 Å². The Morgan fingerprint density at radius 2 is 2.00 bits per heavy atom. The first-order valence-corrected chi connectivity index (χ1v) is 7.71. The van der Waals surface area contributed by atoms with E-state index in [4.69, 9.17) is 16.1 Å². The summed E-state index contributed by atoms with van der Waals surface area (Å²) in [5.41, 5.74) is 0.650. The Balaban J connectivity index is 2.08. The van der Waals surface area contributed by atoms with Gasteiger partial charge in [-0.1, -0.05) is 11.6 Å². The van der Waals surface area contributed by atoms with Crippen LogP contribution in [0.3, 0.4) is 0 Å². The van der Waals surface area contributed by atoms with Gasteiger partial charge in [0.25, 0.3) is 0 Å². The molecule has 18 heavy (non-hydrogen) atoms. The fraction of sp³-hybridized carbons (Fsp3) is 0.0833. The molecule has 0 saturated heterocycles. The van der Waals surface area contributed by atoms with Gasteiger partial charge in [-0.3, -0.25) is 9.55 Å². The Morgan fingerprint density at radius 1 is 1.28 bits per heavy atom. The maximum Gasteiger partial charge on any atom is 0.338 e. The summed E-state index contributed by atoms with van der Waals surface area (Å²) >= 11 is 5.76. The Kier molecular flexibility index (Phi) is 3.90. The van der Waals surface area contributed by atoms with Gasteiger partial charge in [0, 0.05) is 17.9 Å². The van der Waals surface area contributed by atoms with E-state index >= 15 is 0 Å². The van der Waals surface area contributed by atoms with Gasteiger partial charge in [0.05, 0.1) is 11.9 Å². The molecule has 94 valence electrons. The lowest BCUT2D eigenvalue weighted by atomic mass is 10.3. The topological polar surface area (TPSA) is 51.2 Å². The molecule has 0 radical (unpaired) electrons. The first kappa shape index (κ1) is 12.9. The number of nitrogens with zero attached hydrogens (tertiary/aromatic N) is 1. The number of halogens is 1. The van der Waals surface area contributed by atoms with Crippen molar-refractivity contribution in [3.05, 3.63) is 53.8 Å². The van der Waals surface area contributed by atoms with Crippen LogP contribution in [0.5, 0.6) is 5.75 Å². The highest BCUT2D eigenvalue weighted by Crippen LogP contribution is 2.43. The highest BCUT2D eigenvalue weighted by atomic mass is 35.5. The molecule has 1 heterocycles. The van der Waals surface area contributed by atoms with Crippen molar-refractivity contribution in [2.45, 2.75) is 0 Å². The third-order valence-corrected chi connectivity index (χ3v) is 3.56. The summed E-state index contributed by atoms with van der Waals surface area (Å²) < 4.78 is 17.7. The third kappa shape index (κ3) is 3.76. The van der Waals surface area contributed by atoms with Gasteiger partial charge in [-0.15, -0.1) is 0 Å². The number of anilines is 1. The van der Waals surface area contributed by atoms with Crippen molar-refractivity contribution in [1.82, 2.24) is 4.98 Å². The second-order valence-electron chi connectivity index (χ2n) is 3.74. The zero-order valence-corrected chi connectivity index (χ0v) is 11.4. The predicted octanol–water partition coefficient (Wildman–Crippen LogP) is 4.05. The van der Waals surface area contributed by atoms with Crippen LogP contribution in [0.2, 0.25) is 5.02 Å². The molecule has 1 unspecified atom stereocenters. The van der Waals surface area contributed by atoms with Crippen molar-refractivity contribution in [2.75, 3.05) is 11.8 Å². The molecule has 4 nitrogen and oxygen atoms in total. The molecule has 6 heteroatoms. The van der Waals surface area contributed by atoms with Crippen molar-refractivity contribution >= 4 is 24.8 Å². The lowest BCUT2D eigenvalue weighted by Gasteiger charge is -2.17. The minimum absolute atomic E-state index is 0.502. The summed E-state index contributed by atoms with van der Waals surface area (Å²) in [4.78, 5) is 3.93. The molecule has 0 amide bonds. The zero-order chi connectivity index (χ0) is 13.0. The van der Waals surface area contributed by atoms with Crippen LogP contribution in [-0.4, -0.2) is 11.6 Å². The van der Waals surface area contributed by atoms with Gasteiger partial charge in [0.1, 0.15) is 5.75 Å². The third-order valence-electron chi connectivity index (χ3n) is 2.09. The van der Waals surface area contributed by atoms with Gasteiger partial charge in [0.2, 0.25) is 0 Å².